The van der Waals surface area contributed by atoms with E-state index in [1.807, 2.05) is 44.2 Å². The highest BCUT2D eigenvalue weighted by Gasteiger charge is 2.20. The summed E-state index contributed by atoms with van der Waals surface area (Å²) in [4.78, 5) is 30.2. The molecule has 30 heavy (non-hydrogen) atoms. The Labute approximate surface area is 188 Å². The zero-order chi connectivity index (χ0) is 21.7. The summed E-state index contributed by atoms with van der Waals surface area (Å²) in [6.07, 6.45) is 0. The van der Waals surface area contributed by atoms with Crippen molar-refractivity contribution in [2.75, 3.05) is 18.2 Å². The highest BCUT2D eigenvalue weighted by Crippen LogP contribution is 2.28. The number of Topliss-reactive ketones (excluding diaryl/α,β-unsaturated/α-hetero) is 1. The van der Waals surface area contributed by atoms with Crippen LogP contribution in [0.5, 0.6) is 5.75 Å². The number of rotatable bonds is 7. The number of ketones is 1. The molecule has 0 unspecified atom stereocenters. The number of carbonyl (C=O) groups is 2. The lowest BCUT2D eigenvalue weighted by Crippen LogP contribution is -2.17. The summed E-state index contributed by atoms with van der Waals surface area (Å²) in [6.45, 7) is 3.74. The van der Waals surface area contributed by atoms with E-state index in [0.717, 1.165) is 15.7 Å². The molecule has 0 saturated heterocycles. The van der Waals surface area contributed by atoms with E-state index in [1.165, 1.54) is 11.8 Å². The number of halogens is 1. The fourth-order valence-electron chi connectivity index (χ4n) is 2.97. The molecule has 0 fully saturated rings. The van der Waals surface area contributed by atoms with Gasteiger partial charge in [0.05, 0.1) is 24.1 Å². The minimum absolute atomic E-state index is 0.0236. The second kappa shape index (κ2) is 9.91. The van der Waals surface area contributed by atoms with Crippen molar-refractivity contribution in [1.82, 2.24) is 4.98 Å². The van der Waals surface area contributed by atoms with Crippen molar-refractivity contribution in [3.8, 4) is 5.75 Å². The van der Waals surface area contributed by atoms with Gasteiger partial charge in [0.25, 0.3) is 5.91 Å². The largest absolute Gasteiger partial charge is 0.495 e. The van der Waals surface area contributed by atoms with Gasteiger partial charge in [-0.15, -0.1) is 0 Å². The van der Waals surface area contributed by atoms with Crippen LogP contribution in [0.25, 0.3) is 0 Å². The van der Waals surface area contributed by atoms with Crippen LogP contribution in [0.4, 0.5) is 5.69 Å². The standard InChI is InChI=1S/C23H21BrN2O3S/c1-14-12-15(2)25-23(30-13-19(27)16-8-10-17(24)11-9-16)21(14)22(28)26-18-6-4-5-7-20(18)29-3/h4-12H,13H2,1-3H3,(H,26,28). The first-order chi connectivity index (χ1) is 14.4. The van der Waals surface area contributed by atoms with Gasteiger partial charge in [-0.2, -0.15) is 0 Å². The van der Waals surface area contributed by atoms with E-state index in [1.54, 1.807) is 31.4 Å². The maximum Gasteiger partial charge on any atom is 0.258 e. The molecule has 0 bridgehead atoms. The molecule has 5 nitrogen and oxygen atoms in total. The number of ether oxygens (including phenoxy) is 1. The van der Waals surface area contributed by atoms with Crippen LogP contribution in [-0.4, -0.2) is 29.5 Å². The van der Waals surface area contributed by atoms with Crippen molar-refractivity contribution >= 4 is 45.1 Å². The molecule has 0 saturated carbocycles. The van der Waals surface area contributed by atoms with Crippen LogP contribution in [0.15, 0.2) is 64.1 Å². The van der Waals surface area contributed by atoms with Gasteiger partial charge >= 0.3 is 0 Å². The van der Waals surface area contributed by atoms with E-state index in [-0.39, 0.29) is 17.4 Å². The average Bonchev–Trinajstić information content (AvgIpc) is 2.72. The number of nitrogens with zero attached hydrogens (tertiary/aromatic N) is 1. The summed E-state index contributed by atoms with van der Waals surface area (Å²) in [5.41, 5.74) is 3.25. The number of benzene rings is 2. The molecule has 2 aromatic carbocycles. The molecule has 0 aliphatic rings. The van der Waals surface area contributed by atoms with E-state index >= 15 is 0 Å². The number of nitrogens with one attached hydrogen (secondary N) is 1. The molecule has 154 valence electrons. The molecule has 0 aliphatic carbocycles. The molecule has 1 aromatic heterocycles. The molecular weight excluding hydrogens is 464 g/mol. The number of hydrogen-bond acceptors (Lipinski definition) is 5. The van der Waals surface area contributed by atoms with E-state index in [9.17, 15) is 9.59 Å². The Morgan fingerprint density at radius 1 is 1.10 bits per heavy atom. The maximum absolute atomic E-state index is 13.1. The number of amides is 1. The third-order valence-electron chi connectivity index (χ3n) is 4.40. The Hall–Kier alpha value is -2.64. The van der Waals surface area contributed by atoms with E-state index in [4.69, 9.17) is 4.74 Å². The maximum atomic E-state index is 13.1. The zero-order valence-electron chi connectivity index (χ0n) is 16.9. The minimum atomic E-state index is -0.289. The highest BCUT2D eigenvalue weighted by atomic mass is 79.9. The Bertz CT molecular complexity index is 1080. The molecule has 0 radical (unpaired) electrons. The van der Waals surface area contributed by atoms with Gasteiger partial charge in [-0.1, -0.05) is 52.0 Å². The molecule has 7 heteroatoms. The van der Waals surface area contributed by atoms with Gasteiger partial charge in [0.15, 0.2) is 5.78 Å². The number of methoxy groups -OCH3 is 1. The van der Waals surface area contributed by atoms with Crippen LogP contribution in [0.2, 0.25) is 0 Å². The van der Waals surface area contributed by atoms with Crippen molar-refractivity contribution in [2.45, 2.75) is 18.9 Å². The van der Waals surface area contributed by atoms with E-state index in [0.29, 0.717) is 27.6 Å². The van der Waals surface area contributed by atoms with Crippen molar-refractivity contribution < 1.29 is 14.3 Å². The SMILES string of the molecule is COc1ccccc1NC(=O)c1c(C)cc(C)nc1SCC(=O)c1ccc(Br)cc1. The first-order valence-electron chi connectivity index (χ1n) is 9.23. The van der Waals surface area contributed by atoms with Crippen molar-refractivity contribution in [2.24, 2.45) is 0 Å². The topological polar surface area (TPSA) is 68.3 Å². The monoisotopic (exact) mass is 484 g/mol. The van der Waals surface area contributed by atoms with Gasteiger partial charge in [-0.25, -0.2) is 4.98 Å². The quantitative estimate of drug-likeness (QED) is 0.344. The lowest BCUT2D eigenvalue weighted by molar-refractivity contribution is 0.101. The fraction of sp³-hybridized carbons (Fsp3) is 0.174. The fourth-order valence-corrected chi connectivity index (χ4v) is 4.27. The second-order valence-electron chi connectivity index (χ2n) is 6.63. The number of carbonyl (C=O) groups excluding carboxylic acids is 2. The molecule has 0 spiro atoms. The van der Waals surface area contributed by atoms with Gasteiger partial charge in [-0.05, 0) is 49.7 Å². The number of aromatic nitrogens is 1. The van der Waals surface area contributed by atoms with Crippen molar-refractivity contribution in [3.05, 3.63) is 81.5 Å². The Kier molecular flexibility index (Phi) is 7.29. The lowest BCUT2D eigenvalue weighted by Gasteiger charge is -2.14. The van der Waals surface area contributed by atoms with Gasteiger partial charge in [0.1, 0.15) is 10.8 Å². The smallest absolute Gasteiger partial charge is 0.258 e. The predicted molar refractivity (Wildman–Crippen MR) is 124 cm³/mol. The molecule has 1 heterocycles. The molecule has 1 amide bonds. The molecule has 0 aliphatic heterocycles. The van der Waals surface area contributed by atoms with Crippen LogP contribution in [0, 0.1) is 13.8 Å². The normalized spacial score (nSPS) is 10.5. The average molecular weight is 485 g/mol. The number of pyridine rings is 1. The Morgan fingerprint density at radius 2 is 1.80 bits per heavy atom. The van der Waals surface area contributed by atoms with Gasteiger partial charge in [0, 0.05) is 15.7 Å². The highest BCUT2D eigenvalue weighted by molar-refractivity contribution is 9.10. The molecule has 1 N–H and O–H groups in total. The number of thioether (sulfide) groups is 1. The number of anilines is 1. The number of hydrogen-bond donors (Lipinski definition) is 1. The van der Waals surface area contributed by atoms with Crippen molar-refractivity contribution in [1.29, 1.82) is 0 Å². The predicted octanol–water partition coefficient (Wildman–Crippen LogP) is 5.70. The van der Waals surface area contributed by atoms with E-state index in [2.05, 4.69) is 26.2 Å². The van der Waals surface area contributed by atoms with Crippen LogP contribution in [-0.2, 0) is 0 Å². The third-order valence-corrected chi connectivity index (χ3v) is 5.90. The third kappa shape index (κ3) is 5.29. The number of para-hydroxylation sites is 2. The Balaban J connectivity index is 1.84. The number of aryl methyl sites for hydroxylation is 2. The Morgan fingerprint density at radius 3 is 2.50 bits per heavy atom. The minimum Gasteiger partial charge on any atom is -0.495 e. The van der Waals surface area contributed by atoms with Crippen LogP contribution in [0.3, 0.4) is 0 Å². The second-order valence-corrected chi connectivity index (χ2v) is 8.51. The first-order valence-corrected chi connectivity index (χ1v) is 11.0. The first kappa shape index (κ1) is 22.1. The molecule has 3 rings (SSSR count). The molecule has 0 atom stereocenters. The summed E-state index contributed by atoms with van der Waals surface area (Å²) in [5, 5.41) is 3.43. The lowest BCUT2D eigenvalue weighted by atomic mass is 10.1. The summed E-state index contributed by atoms with van der Waals surface area (Å²) in [7, 11) is 1.55. The van der Waals surface area contributed by atoms with E-state index < -0.39 is 0 Å². The van der Waals surface area contributed by atoms with Crippen LogP contribution in [0.1, 0.15) is 32.0 Å². The summed E-state index contributed by atoms with van der Waals surface area (Å²) < 4.78 is 6.23. The summed E-state index contributed by atoms with van der Waals surface area (Å²) in [5.74, 6) is 0.447. The van der Waals surface area contributed by atoms with Gasteiger partial charge in [-0.3, -0.25) is 9.59 Å². The summed E-state index contributed by atoms with van der Waals surface area (Å²) >= 11 is 4.64. The van der Waals surface area contributed by atoms with Crippen LogP contribution < -0.4 is 10.1 Å². The van der Waals surface area contributed by atoms with Gasteiger partial charge < -0.3 is 10.1 Å². The van der Waals surface area contributed by atoms with Crippen molar-refractivity contribution in [3.63, 3.8) is 0 Å². The zero-order valence-corrected chi connectivity index (χ0v) is 19.3. The molecular formula is C23H21BrN2O3S. The van der Waals surface area contributed by atoms with Gasteiger partial charge in [0.2, 0.25) is 0 Å². The summed E-state index contributed by atoms with van der Waals surface area (Å²) in [6, 6.07) is 16.3. The molecule has 3 aromatic rings. The van der Waals surface area contributed by atoms with Crippen LogP contribution >= 0.6 is 27.7 Å².